The van der Waals surface area contributed by atoms with Crippen molar-refractivity contribution < 1.29 is 14.6 Å². The normalized spacial score (nSPS) is 20.8. The van der Waals surface area contributed by atoms with Crippen LogP contribution in [-0.2, 0) is 6.54 Å². The zero-order chi connectivity index (χ0) is 20.7. The van der Waals surface area contributed by atoms with E-state index in [4.69, 9.17) is 27.9 Å². The van der Waals surface area contributed by atoms with E-state index in [9.17, 15) is 9.90 Å². The lowest BCUT2D eigenvalue weighted by atomic mass is 9.97. The molecule has 4 rings (SSSR count). The van der Waals surface area contributed by atoms with Crippen LogP contribution in [0.15, 0.2) is 30.0 Å². The summed E-state index contributed by atoms with van der Waals surface area (Å²) in [6.45, 7) is 6.57. The van der Waals surface area contributed by atoms with E-state index in [1.807, 2.05) is 6.92 Å². The highest BCUT2D eigenvalue weighted by Crippen LogP contribution is 2.42. The molecule has 1 unspecified atom stereocenters. The fourth-order valence-electron chi connectivity index (χ4n) is 4.14. The van der Waals surface area contributed by atoms with Gasteiger partial charge in [-0.05, 0) is 67.6 Å². The summed E-state index contributed by atoms with van der Waals surface area (Å²) >= 11 is 12.1. The Morgan fingerprint density at radius 1 is 1.28 bits per heavy atom. The van der Waals surface area contributed by atoms with Gasteiger partial charge in [0.15, 0.2) is 5.76 Å². The maximum absolute atomic E-state index is 13.0. The number of halogens is 2. The van der Waals surface area contributed by atoms with Gasteiger partial charge in [0.1, 0.15) is 11.5 Å². The molecule has 2 aromatic carbocycles. The zero-order valence-electron chi connectivity index (χ0n) is 16.5. The third-order valence-corrected chi connectivity index (χ3v) is 6.32. The fourth-order valence-corrected chi connectivity index (χ4v) is 4.45. The van der Waals surface area contributed by atoms with E-state index in [1.54, 1.807) is 30.3 Å². The van der Waals surface area contributed by atoms with Crippen molar-refractivity contribution in [3.8, 4) is 11.5 Å². The Morgan fingerprint density at radius 2 is 2.07 bits per heavy atom. The molecule has 1 atom stereocenters. The quantitative estimate of drug-likeness (QED) is 0.618. The first kappa shape index (κ1) is 20.3. The summed E-state index contributed by atoms with van der Waals surface area (Å²) in [5.74, 6) is 1.30. The van der Waals surface area contributed by atoms with E-state index in [-0.39, 0.29) is 17.3 Å². The third kappa shape index (κ3) is 4.02. The van der Waals surface area contributed by atoms with Crippen molar-refractivity contribution in [2.24, 2.45) is 5.92 Å². The van der Waals surface area contributed by atoms with Crippen molar-refractivity contribution in [1.82, 2.24) is 4.90 Å². The number of ether oxygens (including phenoxy) is 1. The van der Waals surface area contributed by atoms with Crippen molar-refractivity contribution in [3.63, 3.8) is 0 Å². The van der Waals surface area contributed by atoms with Gasteiger partial charge in [-0.1, -0.05) is 36.2 Å². The van der Waals surface area contributed by atoms with Crippen LogP contribution in [0.2, 0.25) is 10.0 Å². The number of benzene rings is 2. The minimum absolute atomic E-state index is 0.170. The maximum Gasteiger partial charge on any atom is 0.232 e. The molecule has 1 N–H and O–H groups in total. The molecule has 0 bridgehead atoms. The highest BCUT2D eigenvalue weighted by Gasteiger charge is 2.34. The monoisotopic (exact) mass is 431 g/mol. The Bertz CT molecular complexity index is 1020. The van der Waals surface area contributed by atoms with Crippen LogP contribution < -0.4 is 4.74 Å². The van der Waals surface area contributed by atoms with Gasteiger partial charge in [0, 0.05) is 13.1 Å². The number of allylic oxidation sites excluding steroid dienone is 1. The van der Waals surface area contributed by atoms with E-state index >= 15 is 0 Å². The first-order valence-electron chi connectivity index (χ1n) is 9.80. The number of nitrogens with zero attached hydrogens (tertiary/aromatic N) is 1. The molecule has 2 aromatic rings. The Morgan fingerprint density at radius 3 is 2.79 bits per heavy atom. The largest absolute Gasteiger partial charge is 0.507 e. The van der Waals surface area contributed by atoms with Crippen molar-refractivity contribution in [3.05, 3.63) is 62.3 Å². The van der Waals surface area contributed by atoms with Crippen LogP contribution in [0.4, 0.5) is 0 Å². The van der Waals surface area contributed by atoms with Crippen LogP contribution in [0.5, 0.6) is 11.5 Å². The highest BCUT2D eigenvalue weighted by molar-refractivity contribution is 6.42. The number of ketones is 1. The minimum atomic E-state index is -0.183. The van der Waals surface area contributed by atoms with Gasteiger partial charge in [-0.3, -0.25) is 9.69 Å². The Hall–Kier alpha value is -2.01. The van der Waals surface area contributed by atoms with E-state index in [2.05, 4.69) is 11.8 Å². The van der Waals surface area contributed by atoms with Crippen molar-refractivity contribution in [1.29, 1.82) is 0 Å². The number of rotatable bonds is 3. The molecule has 0 radical (unpaired) electrons. The molecule has 152 valence electrons. The first-order valence-corrected chi connectivity index (χ1v) is 10.6. The van der Waals surface area contributed by atoms with Gasteiger partial charge < -0.3 is 9.84 Å². The highest BCUT2D eigenvalue weighted by atomic mass is 35.5. The topological polar surface area (TPSA) is 49.8 Å². The standard InChI is InChI=1S/C23H23Cl2NO3/c1-13-4-3-7-26(11-13)12-16-19(27)8-14(2)21-22(28)20(29-23(16)21)10-15-5-6-17(24)18(25)9-15/h5-6,8-10,13,27H,3-4,7,11-12H2,1-2H3/b20-10+. The maximum atomic E-state index is 13.0. The molecule has 29 heavy (non-hydrogen) atoms. The zero-order valence-corrected chi connectivity index (χ0v) is 18.0. The summed E-state index contributed by atoms with van der Waals surface area (Å²) in [5.41, 5.74) is 2.62. The molecule has 6 heteroatoms. The second kappa shape index (κ2) is 8.02. The molecule has 0 amide bonds. The average Bonchev–Trinajstić information content (AvgIpc) is 2.98. The number of likely N-dealkylation sites (tertiary alicyclic amines) is 1. The number of Topliss-reactive ketones (excluding diaryl/α,β-unsaturated/α-hetero) is 1. The Kier molecular flexibility index (Phi) is 5.60. The average molecular weight is 432 g/mol. The predicted molar refractivity (Wildman–Crippen MR) is 116 cm³/mol. The summed E-state index contributed by atoms with van der Waals surface area (Å²) in [6.07, 6.45) is 4.02. The van der Waals surface area contributed by atoms with Crippen LogP contribution in [-0.4, -0.2) is 28.9 Å². The van der Waals surface area contributed by atoms with Crippen molar-refractivity contribution in [2.75, 3.05) is 13.1 Å². The second-order valence-electron chi connectivity index (χ2n) is 7.99. The lowest BCUT2D eigenvalue weighted by Crippen LogP contribution is -2.33. The van der Waals surface area contributed by atoms with Crippen LogP contribution in [0, 0.1) is 12.8 Å². The summed E-state index contributed by atoms with van der Waals surface area (Å²) < 4.78 is 6.00. The van der Waals surface area contributed by atoms with Crippen molar-refractivity contribution in [2.45, 2.75) is 33.2 Å². The number of aromatic hydroxyl groups is 1. The van der Waals surface area contributed by atoms with Crippen LogP contribution in [0.3, 0.4) is 0 Å². The summed E-state index contributed by atoms with van der Waals surface area (Å²) in [7, 11) is 0. The number of hydrogen-bond acceptors (Lipinski definition) is 4. The number of carbonyl (C=O) groups excluding carboxylic acids is 1. The number of piperidine rings is 1. The van der Waals surface area contributed by atoms with Gasteiger partial charge in [-0.15, -0.1) is 0 Å². The molecule has 1 saturated heterocycles. The Labute approximate surface area is 180 Å². The van der Waals surface area contributed by atoms with Gasteiger partial charge >= 0.3 is 0 Å². The molecular formula is C23H23Cl2NO3. The number of hydrogen-bond donors (Lipinski definition) is 1. The van der Waals surface area contributed by atoms with Crippen molar-refractivity contribution >= 4 is 35.1 Å². The van der Waals surface area contributed by atoms with Crippen LogP contribution in [0.25, 0.3) is 6.08 Å². The number of phenols is 1. The predicted octanol–water partition coefficient (Wildman–Crippen LogP) is 5.86. The molecule has 0 saturated carbocycles. The summed E-state index contributed by atoms with van der Waals surface area (Å²) in [6, 6.07) is 6.81. The molecule has 2 heterocycles. The number of aryl methyl sites for hydroxylation is 1. The third-order valence-electron chi connectivity index (χ3n) is 5.59. The molecule has 0 aromatic heterocycles. The molecule has 0 aliphatic carbocycles. The van der Waals surface area contributed by atoms with Crippen LogP contribution in [0.1, 0.15) is 46.8 Å². The van der Waals surface area contributed by atoms with Gasteiger partial charge in [0.2, 0.25) is 5.78 Å². The van der Waals surface area contributed by atoms with E-state index in [0.29, 0.717) is 44.9 Å². The summed E-state index contributed by atoms with van der Waals surface area (Å²) in [4.78, 5) is 15.3. The number of carbonyl (C=O) groups is 1. The van der Waals surface area contributed by atoms with Gasteiger partial charge in [-0.25, -0.2) is 0 Å². The molecule has 4 nitrogen and oxygen atoms in total. The second-order valence-corrected chi connectivity index (χ2v) is 8.81. The van der Waals surface area contributed by atoms with Gasteiger partial charge in [0.25, 0.3) is 0 Å². The lowest BCUT2D eigenvalue weighted by molar-refractivity contribution is 0.101. The van der Waals surface area contributed by atoms with Crippen LogP contribution >= 0.6 is 23.2 Å². The number of phenolic OH excluding ortho intramolecular Hbond substituents is 1. The van der Waals surface area contributed by atoms with E-state index in [1.165, 1.54) is 6.42 Å². The number of fused-ring (bicyclic) bond motifs is 1. The van der Waals surface area contributed by atoms with Gasteiger partial charge in [0.05, 0.1) is 21.2 Å². The minimum Gasteiger partial charge on any atom is -0.507 e. The molecular weight excluding hydrogens is 409 g/mol. The van der Waals surface area contributed by atoms with E-state index < -0.39 is 0 Å². The summed E-state index contributed by atoms with van der Waals surface area (Å²) in [5, 5.41) is 11.5. The Balaban J connectivity index is 1.69. The SMILES string of the molecule is Cc1cc(O)c(CN2CCCC(C)C2)c2c1C(=O)/C(=C\c1ccc(Cl)c(Cl)c1)O2. The van der Waals surface area contributed by atoms with Gasteiger partial charge in [-0.2, -0.15) is 0 Å². The molecule has 1 fully saturated rings. The fraction of sp³-hybridized carbons (Fsp3) is 0.348. The van der Waals surface area contributed by atoms with E-state index in [0.717, 1.165) is 25.1 Å². The first-order chi connectivity index (χ1) is 13.8. The molecule has 0 spiro atoms. The molecule has 2 aliphatic rings. The lowest BCUT2D eigenvalue weighted by Gasteiger charge is -2.31. The smallest absolute Gasteiger partial charge is 0.232 e. The molecule has 2 aliphatic heterocycles.